The fourth-order valence-corrected chi connectivity index (χ4v) is 2.50. The molecule has 0 aliphatic rings. The van der Waals surface area contributed by atoms with Crippen LogP contribution in [0.25, 0.3) is 0 Å². The third kappa shape index (κ3) is 6.64. The van der Waals surface area contributed by atoms with Crippen molar-refractivity contribution >= 4 is 23.5 Å². The second-order valence-corrected chi connectivity index (χ2v) is 6.59. The first-order valence-corrected chi connectivity index (χ1v) is 9.42. The SMILES string of the molecule is CCOc1ccc(NC(=O)[C@@H](C)OC(=O)[C@H](C)NC(=O)c2cccc(C)c2)cc1. The minimum absolute atomic E-state index is 0.385. The summed E-state index contributed by atoms with van der Waals surface area (Å²) in [5, 5.41) is 5.25. The number of carbonyl (C=O) groups excluding carboxylic acids is 3. The average Bonchev–Trinajstić information content (AvgIpc) is 2.69. The molecule has 0 unspecified atom stereocenters. The third-order valence-electron chi connectivity index (χ3n) is 4.08. The van der Waals surface area contributed by atoms with Crippen LogP contribution in [0.5, 0.6) is 5.75 Å². The van der Waals surface area contributed by atoms with Crippen molar-refractivity contribution in [1.29, 1.82) is 0 Å². The molecule has 0 aliphatic carbocycles. The molecule has 0 heterocycles. The summed E-state index contributed by atoms with van der Waals surface area (Å²) in [4.78, 5) is 36.7. The van der Waals surface area contributed by atoms with Crippen LogP contribution >= 0.6 is 0 Å². The number of aryl methyl sites for hydroxylation is 1. The highest BCUT2D eigenvalue weighted by atomic mass is 16.5. The molecule has 0 fully saturated rings. The summed E-state index contributed by atoms with van der Waals surface area (Å²) in [7, 11) is 0. The van der Waals surface area contributed by atoms with Crippen LogP contribution in [-0.2, 0) is 14.3 Å². The van der Waals surface area contributed by atoms with E-state index in [1.54, 1.807) is 42.5 Å². The number of hydrogen-bond donors (Lipinski definition) is 2. The molecule has 2 N–H and O–H groups in total. The Hall–Kier alpha value is -3.35. The zero-order valence-corrected chi connectivity index (χ0v) is 17.0. The van der Waals surface area contributed by atoms with Crippen LogP contribution < -0.4 is 15.4 Å². The monoisotopic (exact) mass is 398 g/mol. The molecule has 0 saturated heterocycles. The summed E-state index contributed by atoms with van der Waals surface area (Å²) < 4.78 is 10.5. The van der Waals surface area contributed by atoms with Gasteiger partial charge in [0.2, 0.25) is 0 Å². The maximum atomic E-state index is 12.3. The standard InChI is InChI=1S/C22H26N2O5/c1-5-28-19-11-9-18(10-12-19)24-20(25)16(4)29-22(27)15(3)23-21(26)17-8-6-7-14(2)13-17/h6-13,15-16H,5H2,1-4H3,(H,23,26)(H,24,25)/t15-,16+/m0/s1. The average molecular weight is 398 g/mol. The smallest absolute Gasteiger partial charge is 0.329 e. The lowest BCUT2D eigenvalue weighted by Crippen LogP contribution is -2.42. The van der Waals surface area contributed by atoms with Gasteiger partial charge in [0.1, 0.15) is 11.8 Å². The molecule has 2 aromatic rings. The fraction of sp³-hybridized carbons (Fsp3) is 0.318. The quantitative estimate of drug-likeness (QED) is 0.667. The Kier molecular flexibility index (Phi) is 7.77. The summed E-state index contributed by atoms with van der Waals surface area (Å²) in [5.41, 5.74) is 1.94. The molecule has 2 aromatic carbocycles. The Morgan fingerprint density at radius 2 is 1.72 bits per heavy atom. The molecule has 7 heteroatoms. The maximum absolute atomic E-state index is 12.3. The van der Waals surface area contributed by atoms with Gasteiger partial charge in [0.25, 0.3) is 11.8 Å². The Morgan fingerprint density at radius 1 is 1.03 bits per heavy atom. The predicted octanol–water partition coefficient (Wildman–Crippen LogP) is 3.08. The molecular formula is C22H26N2O5. The number of rotatable bonds is 8. The van der Waals surface area contributed by atoms with Crippen molar-refractivity contribution < 1.29 is 23.9 Å². The molecule has 29 heavy (non-hydrogen) atoms. The van der Waals surface area contributed by atoms with Gasteiger partial charge in [-0.15, -0.1) is 0 Å². The number of carbonyl (C=O) groups is 3. The van der Waals surface area contributed by atoms with Crippen molar-refractivity contribution in [1.82, 2.24) is 5.32 Å². The molecule has 154 valence electrons. The minimum atomic E-state index is -1.02. The van der Waals surface area contributed by atoms with Gasteiger partial charge in [0.15, 0.2) is 6.10 Å². The Bertz CT molecular complexity index is 864. The van der Waals surface area contributed by atoms with E-state index in [1.165, 1.54) is 13.8 Å². The van der Waals surface area contributed by atoms with Crippen LogP contribution in [0.2, 0.25) is 0 Å². The van der Waals surface area contributed by atoms with Gasteiger partial charge in [-0.05, 0) is 64.1 Å². The van der Waals surface area contributed by atoms with Crippen LogP contribution in [0.1, 0.15) is 36.7 Å². The highest BCUT2D eigenvalue weighted by molar-refractivity contribution is 5.98. The first-order valence-electron chi connectivity index (χ1n) is 9.42. The van der Waals surface area contributed by atoms with Crippen LogP contribution in [0, 0.1) is 6.92 Å². The molecule has 7 nitrogen and oxygen atoms in total. The highest BCUT2D eigenvalue weighted by Crippen LogP contribution is 2.16. The number of benzene rings is 2. The molecule has 0 radical (unpaired) electrons. The molecule has 0 saturated carbocycles. The van der Waals surface area contributed by atoms with Crippen molar-refractivity contribution in [3.8, 4) is 5.75 Å². The molecule has 0 aliphatic heterocycles. The summed E-state index contributed by atoms with van der Waals surface area (Å²) in [6.45, 7) is 7.29. The maximum Gasteiger partial charge on any atom is 0.329 e. The highest BCUT2D eigenvalue weighted by Gasteiger charge is 2.23. The first kappa shape index (κ1) is 21.9. The lowest BCUT2D eigenvalue weighted by molar-refractivity contribution is -0.154. The number of nitrogens with one attached hydrogen (secondary N) is 2. The lowest BCUT2D eigenvalue weighted by atomic mass is 10.1. The van der Waals surface area contributed by atoms with Crippen molar-refractivity contribution in [2.45, 2.75) is 39.8 Å². The fourth-order valence-electron chi connectivity index (χ4n) is 2.50. The van der Waals surface area contributed by atoms with Gasteiger partial charge >= 0.3 is 5.97 Å². The topological polar surface area (TPSA) is 93.7 Å². The van der Waals surface area contributed by atoms with Gasteiger partial charge in [-0.1, -0.05) is 17.7 Å². The van der Waals surface area contributed by atoms with E-state index in [0.29, 0.717) is 23.6 Å². The van der Waals surface area contributed by atoms with Crippen molar-refractivity contribution in [3.05, 3.63) is 59.7 Å². The summed E-state index contributed by atoms with van der Waals surface area (Å²) in [5.74, 6) is -0.854. The lowest BCUT2D eigenvalue weighted by Gasteiger charge is -2.18. The van der Waals surface area contributed by atoms with E-state index in [9.17, 15) is 14.4 Å². The molecule has 2 amide bonds. The number of hydrogen-bond acceptors (Lipinski definition) is 5. The van der Waals surface area contributed by atoms with Crippen molar-refractivity contribution in [2.75, 3.05) is 11.9 Å². The molecule has 0 spiro atoms. The summed E-state index contributed by atoms with van der Waals surface area (Å²) in [6, 6.07) is 13.0. The molecule has 2 atom stereocenters. The number of ether oxygens (including phenoxy) is 2. The normalized spacial score (nSPS) is 12.4. The van der Waals surface area contributed by atoms with Crippen LogP contribution in [0.15, 0.2) is 48.5 Å². The van der Waals surface area contributed by atoms with E-state index >= 15 is 0 Å². The summed E-state index contributed by atoms with van der Waals surface area (Å²) >= 11 is 0. The van der Waals surface area contributed by atoms with Crippen molar-refractivity contribution in [2.24, 2.45) is 0 Å². The summed E-state index contributed by atoms with van der Waals surface area (Å²) in [6.07, 6.45) is -1.02. The van der Waals surface area contributed by atoms with Gasteiger partial charge in [-0.25, -0.2) is 4.79 Å². The van der Waals surface area contributed by atoms with Gasteiger partial charge in [0.05, 0.1) is 6.61 Å². The second-order valence-electron chi connectivity index (χ2n) is 6.59. The number of amides is 2. The minimum Gasteiger partial charge on any atom is -0.494 e. The van der Waals surface area contributed by atoms with E-state index < -0.39 is 24.0 Å². The number of esters is 1. The zero-order valence-electron chi connectivity index (χ0n) is 17.0. The van der Waals surface area contributed by atoms with Gasteiger partial charge in [0, 0.05) is 11.3 Å². The Morgan fingerprint density at radius 3 is 2.34 bits per heavy atom. The van der Waals surface area contributed by atoms with Gasteiger partial charge < -0.3 is 20.1 Å². The third-order valence-corrected chi connectivity index (χ3v) is 4.08. The molecule has 0 bridgehead atoms. The van der Waals surface area contributed by atoms with E-state index in [0.717, 1.165) is 5.56 Å². The van der Waals surface area contributed by atoms with Gasteiger partial charge in [-0.3, -0.25) is 9.59 Å². The van der Waals surface area contributed by atoms with Crippen molar-refractivity contribution in [3.63, 3.8) is 0 Å². The Balaban J connectivity index is 1.86. The Labute approximate surface area is 170 Å². The van der Waals surface area contributed by atoms with E-state index in [-0.39, 0.29) is 5.91 Å². The molecular weight excluding hydrogens is 372 g/mol. The van der Waals surface area contributed by atoms with Crippen LogP contribution in [0.4, 0.5) is 5.69 Å². The second kappa shape index (κ2) is 10.3. The van der Waals surface area contributed by atoms with E-state index in [4.69, 9.17) is 9.47 Å². The van der Waals surface area contributed by atoms with Crippen LogP contribution in [0.3, 0.4) is 0 Å². The molecule has 2 rings (SSSR count). The molecule has 0 aromatic heterocycles. The number of anilines is 1. The van der Waals surface area contributed by atoms with E-state index in [1.807, 2.05) is 19.9 Å². The zero-order chi connectivity index (χ0) is 21.4. The van der Waals surface area contributed by atoms with Crippen LogP contribution in [-0.4, -0.2) is 36.5 Å². The first-order chi connectivity index (χ1) is 13.8. The van der Waals surface area contributed by atoms with E-state index in [2.05, 4.69) is 10.6 Å². The predicted molar refractivity (Wildman–Crippen MR) is 110 cm³/mol. The largest absolute Gasteiger partial charge is 0.494 e. The van der Waals surface area contributed by atoms with Gasteiger partial charge in [-0.2, -0.15) is 0 Å².